The van der Waals surface area contributed by atoms with Crippen molar-refractivity contribution in [1.82, 2.24) is 0 Å². The van der Waals surface area contributed by atoms with E-state index >= 15 is 4.39 Å². The van der Waals surface area contributed by atoms with Crippen LogP contribution in [0.3, 0.4) is 0 Å². The van der Waals surface area contributed by atoms with Crippen molar-refractivity contribution in [3.8, 4) is 0 Å². The van der Waals surface area contributed by atoms with Crippen LogP contribution < -0.4 is 0 Å². The van der Waals surface area contributed by atoms with Crippen LogP contribution in [0.25, 0.3) is 0 Å². The Balaban J connectivity index is 2.59. The molecule has 0 amide bonds. The third-order valence-corrected chi connectivity index (χ3v) is 8.20. The van der Waals surface area contributed by atoms with Crippen molar-refractivity contribution in [2.24, 2.45) is 0 Å². The highest BCUT2D eigenvalue weighted by atomic mass is 19.1. The molecule has 2 fully saturated rings. The summed E-state index contributed by atoms with van der Waals surface area (Å²) in [7, 11) is 0. The lowest BCUT2D eigenvalue weighted by atomic mass is 9.92. The molecule has 0 aromatic heterocycles. The van der Waals surface area contributed by atoms with Gasteiger partial charge < -0.3 is 47.4 Å². The maximum Gasteiger partial charge on any atom is 0.303 e. The van der Waals surface area contributed by atoms with Gasteiger partial charge >= 0.3 is 17.9 Å². The monoisotopic (exact) mass is 708 g/mol. The Kier molecular flexibility index (Phi) is 20.1. The minimum Gasteiger partial charge on any atom is -0.463 e. The Labute approximate surface area is 291 Å². The number of ether oxygens (including phenoxy) is 10. The molecule has 49 heavy (non-hydrogen) atoms. The largest absolute Gasteiger partial charge is 0.463 e. The Morgan fingerprint density at radius 2 is 1.18 bits per heavy atom. The van der Waals surface area contributed by atoms with Gasteiger partial charge in [-0.3, -0.25) is 14.4 Å². The summed E-state index contributed by atoms with van der Waals surface area (Å²) in [4.78, 5) is 35.9. The molecule has 0 spiro atoms. The van der Waals surface area contributed by atoms with Crippen LogP contribution in [0.4, 0.5) is 4.39 Å². The van der Waals surface area contributed by atoms with Crippen LogP contribution in [0.1, 0.15) is 107 Å². The summed E-state index contributed by atoms with van der Waals surface area (Å²) in [5, 5.41) is 0. The lowest BCUT2D eigenvalue weighted by molar-refractivity contribution is -0.420. The molecule has 0 radical (unpaired) electrons. The number of alkyl halides is 1. The van der Waals surface area contributed by atoms with E-state index in [4.69, 9.17) is 47.4 Å². The predicted octanol–water partition coefficient (Wildman–Crippen LogP) is 4.98. The number of unbranched alkanes of at least 4 members (excludes halogenated alkanes) is 4. The van der Waals surface area contributed by atoms with Crippen molar-refractivity contribution in [2.45, 2.75) is 168 Å². The molecule has 10 atom stereocenters. The molecule has 2 heterocycles. The zero-order valence-electron chi connectivity index (χ0n) is 30.8. The van der Waals surface area contributed by atoms with Crippen molar-refractivity contribution in [3.05, 3.63) is 0 Å². The van der Waals surface area contributed by atoms with Gasteiger partial charge in [-0.15, -0.1) is 0 Å². The minimum atomic E-state index is -2.16. The van der Waals surface area contributed by atoms with Gasteiger partial charge in [-0.2, -0.15) is 0 Å². The molecule has 0 N–H and O–H groups in total. The van der Waals surface area contributed by atoms with Crippen molar-refractivity contribution in [3.63, 3.8) is 0 Å². The molecule has 0 bridgehead atoms. The van der Waals surface area contributed by atoms with E-state index < -0.39 is 85.5 Å². The maximum atomic E-state index is 16.5. The van der Waals surface area contributed by atoms with Gasteiger partial charge in [0.2, 0.25) is 0 Å². The Bertz CT molecular complexity index is 970. The number of esters is 3. The van der Waals surface area contributed by atoms with Gasteiger partial charge in [0.25, 0.3) is 0 Å². The smallest absolute Gasteiger partial charge is 0.303 e. The SMILES string of the molecule is CCCCOCC1O[C@](C)(O[C@H]2OC(COC(C)=O)[C@@H](OC(C)=O)C(OC(C)=O)C2F)C(OCCCC)C(OCCCC)[C@H]1OCCCC. The molecule has 6 unspecified atom stereocenters. The van der Waals surface area contributed by atoms with Gasteiger partial charge in [0.1, 0.15) is 37.1 Å². The van der Waals surface area contributed by atoms with E-state index in [1.165, 1.54) is 6.92 Å². The molecule has 2 saturated heterocycles. The molecule has 2 aliphatic heterocycles. The second-order valence-electron chi connectivity index (χ2n) is 12.7. The standard InChI is InChI=1S/C35H61FO13/c1-9-13-17-40-21-27-29(41-18-14-10-2)32(42-19-15-11-3)33(43-20-16-12-4)35(8,48-27)49-34-28(36)31(46-25(7)39)30(45-24(6)38)26(47-34)22-44-23(5)37/h26-34H,9-22H2,1-8H3/t26?,27?,28?,29-,30+,31?,32?,33?,34+,35+/m0/s1. The van der Waals surface area contributed by atoms with E-state index in [1.807, 2.05) is 6.92 Å². The summed E-state index contributed by atoms with van der Waals surface area (Å²) in [5.74, 6) is -3.94. The number of hydrogen-bond acceptors (Lipinski definition) is 13. The lowest BCUT2D eigenvalue weighted by Crippen LogP contribution is -2.69. The first kappa shape index (κ1) is 43.2. The minimum absolute atomic E-state index is 0.148. The van der Waals surface area contributed by atoms with Gasteiger partial charge in [0.05, 0.1) is 6.61 Å². The number of hydrogen-bond donors (Lipinski definition) is 0. The fourth-order valence-corrected chi connectivity index (χ4v) is 5.69. The third kappa shape index (κ3) is 14.0. The fraction of sp³-hybridized carbons (Fsp3) is 0.914. The molecule has 2 rings (SSSR count). The summed E-state index contributed by atoms with van der Waals surface area (Å²) >= 11 is 0. The topological polar surface area (TPSA) is 144 Å². The number of carbonyl (C=O) groups is 3. The predicted molar refractivity (Wildman–Crippen MR) is 175 cm³/mol. The zero-order valence-corrected chi connectivity index (χ0v) is 30.8. The first-order valence-electron chi connectivity index (χ1n) is 18.0. The molecule has 0 aliphatic carbocycles. The van der Waals surface area contributed by atoms with Gasteiger partial charge in [-0.25, -0.2) is 4.39 Å². The lowest BCUT2D eigenvalue weighted by Gasteiger charge is -2.53. The quantitative estimate of drug-likeness (QED) is 0.0801. The van der Waals surface area contributed by atoms with Crippen LogP contribution >= 0.6 is 0 Å². The third-order valence-electron chi connectivity index (χ3n) is 8.20. The Morgan fingerprint density at radius 3 is 1.73 bits per heavy atom. The first-order valence-corrected chi connectivity index (χ1v) is 18.0. The number of halogens is 1. The molecule has 0 saturated carbocycles. The zero-order chi connectivity index (χ0) is 36.4. The van der Waals surface area contributed by atoms with E-state index in [0.717, 1.165) is 65.2 Å². The second-order valence-corrected chi connectivity index (χ2v) is 12.7. The molecule has 2 aliphatic rings. The normalized spacial score (nSPS) is 31.7. The number of rotatable bonds is 23. The van der Waals surface area contributed by atoms with Crippen LogP contribution in [-0.4, -0.2) is 119 Å². The van der Waals surface area contributed by atoms with Crippen LogP contribution in [0, 0.1) is 0 Å². The fourth-order valence-electron chi connectivity index (χ4n) is 5.69. The Hall–Kier alpha value is -1.94. The van der Waals surface area contributed by atoms with E-state index in [2.05, 4.69) is 20.8 Å². The number of carbonyl (C=O) groups excluding carboxylic acids is 3. The van der Waals surface area contributed by atoms with Crippen LogP contribution in [0.15, 0.2) is 0 Å². The average Bonchev–Trinajstić information content (AvgIpc) is 3.03. The average molecular weight is 709 g/mol. The van der Waals surface area contributed by atoms with Crippen molar-refractivity contribution < 1.29 is 66.1 Å². The first-order chi connectivity index (χ1) is 23.4. The van der Waals surface area contributed by atoms with Gasteiger partial charge in [-0.05, 0) is 32.6 Å². The van der Waals surface area contributed by atoms with Gasteiger partial charge in [0, 0.05) is 47.2 Å². The summed E-state index contributed by atoms with van der Waals surface area (Å²) in [6, 6.07) is 0. The van der Waals surface area contributed by atoms with Crippen LogP contribution in [-0.2, 0) is 61.8 Å². The van der Waals surface area contributed by atoms with Crippen molar-refractivity contribution in [1.29, 1.82) is 0 Å². The molecular formula is C35H61FO13. The molecule has 286 valence electrons. The maximum absolute atomic E-state index is 16.5. The van der Waals surface area contributed by atoms with E-state index in [1.54, 1.807) is 6.92 Å². The van der Waals surface area contributed by atoms with Crippen molar-refractivity contribution in [2.75, 3.05) is 39.6 Å². The highest BCUT2D eigenvalue weighted by Gasteiger charge is 2.59. The molecule has 13 nitrogen and oxygen atoms in total. The summed E-state index contributed by atoms with van der Waals surface area (Å²) in [6.45, 7) is 14.7. The molecule has 0 aromatic rings. The van der Waals surface area contributed by atoms with Gasteiger partial charge in [-0.1, -0.05) is 53.4 Å². The highest BCUT2D eigenvalue weighted by Crippen LogP contribution is 2.40. The molecule has 14 heteroatoms. The second kappa shape index (κ2) is 22.8. The van der Waals surface area contributed by atoms with E-state index in [-0.39, 0.29) is 6.61 Å². The Morgan fingerprint density at radius 1 is 0.653 bits per heavy atom. The summed E-state index contributed by atoms with van der Waals surface area (Å²) in [5.41, 5.74) is 0. The molecular weight excluding hydrogens is 647 g/mol. The highest BCUT2D eigenvalue weighted by molar-refractivity contribution is 5.67. The summed E-state index contributed by atoms with van der Waals surface area (Å²) < 4.78 is 76.9. The van der Waals surface area contributed by atoms with Crippen molar-refractivity contribution >= 4 is 17.9 Å². The van der Waals surface area contributed by atoms with E-state index in [9.17, 15) is 14.4 Å². The van der Waals surface area contributed by atoms with E-state index in [0.29, 0.717) is 26.4 Å². The van der Waals surface area contributed by atoms with Crippen LogP contribution in [0.2, 0.25) is 0 Å². The van der Waals surface area contributed by atoms with Crippen LogP contribution in [0.5, 0.6) is 0 Å². The summed E-state index contributed by atoms with van der Waals surface area (Å²) in [6.07, 6.45) is -4.35. The van der Waals surface area contributed by atoms with Gasteiger partial charge in [0.15, 0.2) is 30.5 Å². The molecule has 0 aromatic carbocycles.